The molecule has 0 saturated heterocycles. The largest absolute Gasteiger partial charge is 0.323 e. The minimum absolute atomic E-state index is 0.0821. The fraction of sp³-hybridized carbons (Fsp3) is 0.529. The lowest BCUT2D eigenvalue weighted by Gasteiger charge is -2.38. The maximum atomic E-state index is 13.8. The highest BCUT2D eigenvalue weighted by Gasteiger charge is 2.72. The van der Waals surface area contributed by atoms with Gasteiger partial charge in [-0.3, -0.25) is 9.59 Å². The van der Waals surface area contributed by atoms with Gasteiger partial charge in [0, 0.05) is 17.9 Å². The molecule has 5 heteroatoms. The highest BCUT2D eigenvalue weighted by molar-refractivity contribution is 6.04. The molecule has 2 bridgehead atoms. The Kier molecular flexibility index (Phi) is 3.00. The normalized spacial score (nSPS) is 32.3. The molecule has 2 fully saturated rings. The Labute approximate surface area is 128 Å². The van der Waals surface area contributed by atoms with E-state index < -0.39 is 33.8 Å². The molecule has 0 aliphatic heterocycles. The Balaban J connectivity index is 1.96. The Hall–Kier alpha value is -1.78. The Morgan fingerprint density at radius 1 is 1.18 bits per heavy atom. The first-order chi connectivity index (χ1) is 10.1. The second kappa shape index (κ2) is 4.37. The second-order valence-electron chi connectivity index (χ2n) is 7.22. The molecule has 0 unspecified atom stereocenters. The van der Waals surface area contributed by atoms with Gasteiger partial charge in [0.25, 0.3) is 0 Å². The van der Waals surface area contributed by atoms with Gasteiger partial charge in [0.15, 0.2) is 0 Å². The first-order valence-electron chi connectivity index (χ1n) is 7.44. The number of anilines is 1. The smallest absolute Gasteiger partial charge is 0.231 e. The molecule has 2 aliphatic rings. The van der Waals surface area contributed by atoms with Crippen molar-refractivity contribution < 1.29 is 18.4 Å². The van der Waals surface area contributed by atoms with Crippen LogP contribution in [0.3, 0.4) is 0 Å². The molecule has 2 saturated carbocycles. The molecular weight excluding hydrogens is 288 g/mol. The topological polar surface area (TPSA) is 46.2 Å². The van der Waals surface area contributed by atoms with Gasteiger partial charge in [0.1, 0.15) is 17.4 Å². The zero-order chi connectivity index (χ0) is 16.3. The van der Waals surface area contributed by atoms with Gasteiger partial charge >= 0.3 is 0 Å². The zero-order valence-electron chi connectivity index (χ0n) is 12.9. The molecule has 1 N–H and O–H groups in total. The second-order valence-corrected chi connectivity index (χ2v) is 7.22. The molecule has 0 aromatic heterocycles. The SMILES string of the molecule is CC1(C)[C@@]2(C(=O)Nc3cc(F)ccc3F)CC[C@@]1(C)C(=O)C2. The lowest BCUT2D eigenvalue weighted by Crippen LogP contribution is -2.43. The van der Waals surface area contributed by atoms with Gasteiger partial charge < -0.3 is 5.32 Å². The lowest BCUT2D eigenvalue weighted by atomic mass is 9.64. The molecule has 3 nitrogen and oxygen atoms in total. The number of benzene rings is 1. The third kappa shape index (κ3) is 1.65. The van der Waals surface area contributed by atoms with Crippen LogP contribution >= 0.6 is 0 Å². The maximum Gasteiger partial charge on any atom is 0.231 e. The number of carbonyl (C=O) groups is 2. The molecule has 1 aromatic carbocycles. The molecule has 1 aromatic rings. The van der Waals surface area contributed by atoms with Crippen LogP contribution in [0.5, 0.6) is 0 Å². The third-order valence-corrected chi connectivity index (χ3v) is 6.32. The molecule has 22 heavy (non-hydrogen) atoms. The summed E-state index contributed by atoms with van der Waals surface area (Å²) in [6, 6.07) is 2.94. The number of rotatable bonds is 2. The van der Waals surface area contributed by atoms with E-state index in [1.54, 1.807) is 0 Å². The van der Waals surface area contributed by atoms with Crippen LogP contribution < -0.4 is 5.32 Å². The lowest BCUT2D eigenvalue weighted by molar-refractivity contribution is -0.131. The van der Waals surface area contributed by atoms with Crippen molar-refractivity contribution in [2.75, 3.05) is 5.32 Å². The summed E-state index contributed by atoms with van der Waals surface area (Å²) in [5, 5.41) is 2.50. The summed E-state index contributed by atoms with van der Waals surface area (Å²) in [7, 11) is 0. The number of ketones is 1. The van der Waals surface area contributed by atoms with Crippen LogP contribution in [0.4, 0.5) is 14.5 Å². The molecule has 1 amide bonds. The quantitative estimate of drug-likeness (QED) is 0.905. The van der Waals surface area contributed by atoms with Crippen molar-refractivity contribution in [1.29, 1.82) is 0 Å². The fourth-order valence-electron chi connectivity index (χ4n) is 4.20. The predicted octanol–water partition coefficient (Wildman–Crippen LogP) is 3.69. The summed E-state index contributed by atoms with van der Waals surface area (Å²) >= 11 is 0. The fourth-order valence-corrected chi connectivity index (χ4v) is 4.20. The highest BCUT2D eigenvalue weighted by Crippen LogP contribution is 2.70. The van der Waals surface area contributed by atoms with Crippen LogP contribution in [-0.4, -0.2) is 11.7 Å². The molecule has 2 aliphatic carbocycles. The van der Waals surface area contributed by atoms with Gasteiger partial charge in [-0.25, -0.2) is 8.78 Å². The van der Waals surface area contributed by atoms with E-state index in [2.05, 4.69) is 5.32 Å². The van der Waals surface area contributed by atoms with E-state index in [1.165, 1.54) is 0 Å². The third-order valence-electron chi connectivity index (χ3n) is 6.32. The number of Topliss-reactive ketones (excluding diaryl/α,β-unsaturated/α-hetero) is 1. The van der Waals surface area contributed by atoms with E-state index in [-0.39, 0.29) is 17.9 Å². The van der Waals surface area contributed by atoms with Crippen LogP contribution in [0.15, 0.2) is 18.2 Å². The number of fused-ring (bicyclic) bond motifs is 2. The van der Waals surface area contributed by atoms with Crippen molar-refractivity contribution in [2.24, 2.45) is 16.2 Å². The van der Waals surface area contributed by atoms with Crippen molar-refractivity contribution in [3.8, 4) is 0 Å². The Bertz CT molecular complexity index is 685. The van der Waals surface area contributed by atoms with E-state index in [4.69, 9.17) is 0 Å². The Morgan fingerprint density at radius 3 is 2.41 bits per heavy atom. The van der Waals surface area contributed by atoms with Gasteiger partial charge in [-0.05, 0) is 30.4 Å². The molecule has 118 valence electrons. The standard InChI is InChI=1S/C17H19F2NO2/c1-15(2)16(3)6-7-17(15,9-13(16)21)14(22)20-12-8-10(18)4-5-11(12)19/h4-5,8H,6-7,9H2,1-3H3,(H,20,22)/t16-,17-/m0/s1. The summed E-state index contributed by atoms with van der Waals surface area (Å²) in [5.41, 5.74) is -2.06. The van der Waals surface area contributed by atoms with E-state index in [0.29, 0.717) is 12.8 Å². The van der Waals surface area contributed by atoms with Crippen molar-refractivity contribution in [3.05, 3.63) is 29.8 Å². The Morgan fingerprint density at radius 2 is 1.86 bits per heavy atom. The van der Waals surface area contributed by atoms with E-state index in [9.17, 15) is 18.4 Å². The summed E-state index contributed by atoms with van der Waals surface area (Å²) in [4.78, 5) is 25.2. The summed E-state index contributed by atoms with van der Waals surface area (Å²) in [6.07, 6.45) is 1.40. The molecule has 3 rings (SSSR count). The number of hydrogen-bond donors (Lipinski definition) is 1. The number of nitrogens with one attached hydrogen (secondary N) is 1. The number of amides is 1. The first-order valence-corrected chi connectivity index (χ1v) is 7.44. The molecule has 2 atom stereocenters. The van der Waals surface area contributed by atoms with Crippen LogP contribution in [-0.2, 0) is 9.59 Å². The predicted molar refractivity (Wildman–Crippen MR) is 78.2 cm³/mol. The molecule has 0 heterocycles. The molecule has 0 radical (unpaired) electrons. The average Bonchev–Trinajstić information content (AvgIpc) is 2.73. The van der Waals surface area contributed by atoms with Crippen LogP contribution in [0.1, 0.15) is 40.0 Å². The van der Waals surface area contributed by atoms with Gasteiger partial charge in [-0.2, -0.15) is 0 Å². The monoisotopic (exact) mass is 307 g/mol. The van der Waals surface area contributed by atoms with Gasteiger partial charge in [0.05, 0.1) is 11.1 Å². The highest BCUT2D eigenvalue weighted by atomic mass is 19.1. The summed E-state index contributed by atoms with van der Waals surface area (Å²) < 4.78 is 27.0. The van der Waals surface area contributed by atoms with E-state index in [0.717, 1.165) is 18.2 Å². The average molecular weight is 307 g/mol. The zero-order valence-corrected chi connectivity index (χ0v) is 12.9. The van der Waals surface area contributed by atoms with E-state index >= 15 is 0 Å². The van der Waals surface area contributed by atoms with Crippen LogP contribution in [0.25, 0.3) is 0 Å². The number of carbonyl (C=O) groups excluding carboxylic acids is 2. The summed E-state index contributed by atoms with van der Waals surface area (Å²) in [6.45, 7) is 5.75. The minimum Gasteiger partial charge on any atom is -0.323 e. The van der Waals surface area contributed by atoms with Crippen LogP contribution in [0, 0.1) is 27.9 Å². The summed E-state index contributed by atoms with van der Waals surface area (Å²) in [5.74, 6) is -1.61. The van der Waals surface area contributed by atoms with E-state index in [1.807, 2.05) is 20.8 Å². The number of halogens is 2. The maximum absolute atomic E-state index is 13.8. The van der Waals surface area contributed by atoms with Crippen molar-refractivity contribution in [3.63, 3.8) is 0 Å². The molecular formula is C17H19F2NO2. The van der Waals surface area contributed by atoms with Crippen molar-refractivity contribution in [1.82, 2.24) is 0 Å². The number of hydrogen-bond acceptors (Lipinski definition) is 2. The first kappa shape index (κ1) is 15.1. The van der Waals surface area contributed by atoms with Crippen molar-refractivity contribution in [2.45, 2.75) is 40.0 Å². The van der Waals surface area contributed by atoms with Crippen LogP contribution in [0.2, 0.25) is 0 Å². The van der Waals surface area contributed by atoms with Gasteiger partial charge in [-0.15, -0.1) is 0 Å². The van der Waals surface area contributed by atoms with Gasteiger partial charge in [0.2, 0.25) is 5.91 Å². The van der Waals surface area contributed by atoms with Gasteiger partial charge in [-0.1, -0.05) is 20.8 Å². The van der Waals surface area contributed by atoms with Crippen molar-refractivity contribution >= 4 is 17.4 Å². The molecule has 0 spiro atoms. The minimum atomic E-state index is -0.850.